The summed E-state index contributed by atoms with van der Waals surface area (Å²) in [5.74, 6) is 0.459. The number of nitrogens with zero attached hydrogens (tertiary/aromatic N) is 2. The van der Waals surface area contributed by atoms with Gasteiger partial charge in [0.25, 0.3) is 5.91 Å². The first-order chi connectivity index (χ1) is 14.5. The highest BCUT2D eigenvalue weighted by molar-refractivity contribution is 6.31. The molecule has 0 radical (unpaired) electrons. The molecule has 0 saturated carbocycles. The standard InChI is InChI=1S/C23H23ClN4O2/c1-3-16-5-9-19(10-6-16)30-14-23(29)25-17-7-11-21-22(12-17)27-28(26-21)18-8-4-15(2)20(24)13-18/h4-13,22,27H,3,14H2,1-2H3,(H,25,29). The summed E-state index contributed by atoms with van der Waals surface area (Å²) in [6.07, 6.45) is 6.60. The monoisotopic (exact) mass is 422 g/mol. The molecule has 0 bridgehead atoms. The Morgan fingerprint density at radius 2 is 2.03 bits per heavy atom. The summed E-state index contributed by atoms with van der Waals surface area (Å²) in [4.78, 5) is 12.3. The molecule has 1 atom stereocenters. The van der Waals surface area contributed by atoms with E-state index in [0.717, 1.165) is 23.4 Å². The fraction of sp³-hybridized carbons (Fsp3) is 0.217. The van der Waals surface area contributed by atoms with Crippen molar-refractivity contribution in [3.8, 4) is 5.75 Å². The Labute approximate surface area is 180 Å². The van der Waals surface area contributed by atoms with E-state index < -0.39 is 0 Å². The van der Waals surface area contributed by atoms with Crippen LogP contribution in [-0.2, 0) is 11.2 Å². The van der Waals surface area contributed by atoms with E-state index >= 15 is 0 Å². The van der Waals surface area contributed by atoms with Crippen LogP contribution in [-0.4, -0.2) is 24.3 Å². The molecule has 0 fully saturated rings. The molecule has 1 amide bonds. The number of nitrogens with one attached hydrogen (secondary N) is 2. The predicted molar refractivity (Wildman–Crippen MR) is 120 cm³/mol. The fourth-order valence-electron chi connectivity index (χ4n) is 3.17. The lowest BCUT2D eigenvalue weighted by Crippen LogP contribution is -2.39. The average Bonchev–Trinajstić information content (AvgIpc) is 3.18. The summed E-state index contributed by atoms with van der Waals surface area (Å²) in [6.45, 7) is 4.00. The van der Waals surface area contributed by atoms with Crippen molar-refractivity contribution in [1.29, 1.82) is 0 Å². The topological polar surface area (TPSA) is 66.0 Å². The molecule has 0 saturated heterocycles. The number of benzene rings is 2. The zero-order valence-electron chi connectivity index (χ0n) is 16.9. The number of carbonyl (C=O) groups excluding carboxylic acids is 1. The highest BCUT2D eigenvalue weighted by atomic mass is 35.5. The summed E-state index contributed by atoms with van der Waals surface area (Å²) < 4.78 is 5.57. The zero-order chi connectivity index (χ0) is 21.1. The number of hydrazine groups is 1. The minimum absolute atomic E-state index is 0.0519. The SMILES string of the molecule is CCc1ccc(OCC(=O)NC2=CC3NN(c4ccc(C)c(Cl)c4)N=C3C=C2)cc1. The number of carbonyl (C=O) groups is 1. The maximum atomic E-state index is 12.3. The van der Waals surface area contributed by atoms with Gasteiger partial charge in [-0.1, -0.05) is 36.7 Å². The van der Waals surface area contributed by atoms with Crippen LogP contribution >= 0.6 is 11.6 Å². The first-order valence-corrected chi connectivity index (χ1v) is 10.2. The second-order valence-electron chi connectivity index (χ2n) is 7.17. The van der Waals surface area contributed by atoms with Gasteiger partial charge in [-0.15, -0.1) is 0 Å². The lowest BCUT2D eigenvalue weighted by Gasteiger charge is -2.18. The molecule has 6 nitrogen and oxygen atoms in total. The first-order valence-electron chi connectivity index (χ1n) is 9.84. The Hall–Kier alpha value is -3.09. The fourth-order valence-corrected chi connectivity index (χ4v) is 3.35. The number of hydrogen-bond donors (Lipinski definition) is 2. The van der Waals surface area contributed by atoms with Crippen LogP contribution in [0.2, 0.25) is 5.02 Å². The van der Waals surface area contributed by atoms with Gasteiger partial charge in [-0.3, -0.25) is 4.79 Å². The van der Waals surface area contributed by atoms with Crippen molar-refractivity contribution >= 4 is 28.9 Å². The van der Waals surface area contributed by atoms with Crippen LogP contribution in [0.4, 0.5) is 5.69 Å². The Kier molecular flexibility index (Phi) is 5.88. The van der Waals surface area contributed by atoms with Gasteiger partial charge >= 0.3 is 0 Å². The van der Waals surface area contributed by atoms with Gasteiger partial charge < -0.3 is 10.1 Å². The number of aryl methyl sites for hydroxylation is 2. The smallest absolute Gasteiger partial charge is 0.262 e. The van der Waals surface area contributed by atoms with Gasteiger partial charge in [-0.05, 0) is 67.0 Å². The number of anilines is 1. The van der Waals surface area contributed by atoms with Crippen LogP contribution in [0.15, 0.2) is 71.5 Å². The van der Waals surface area contributed by atoms with Gasteiger partial charge in [-0.2, -0.15) is 15.6 Å². The van der Waals surface area contributed by atoms with Gasteiger partial charge in [0, 0.05) is 10.7 Å². The number of hydrogen-bond acceptors (Lipinski definition) is 5. The number of allylic oxidation sites excluding steroid dienone is 1. The largest absolute Gasteiger partial charge is 0.484 e. The first kappa shape index (κ1) is 20.2. The van der Waals surface area contributed by atoms with Gasteiger partial charge in [0.15, 0.2) is 6.61 Å². The second-order valence-corrected chi connectivity index (χ2v) is 7.57. The number of hydrazone groups is 1. The van der Waals surface area contributed by atoms with Crippen molar-refractivity contribution in [2.45, 2.75) is 26.3 Å². The second kappa shape index (κ2) is 8.73. The van der Waals surface area contributed by atoms with E-state index in [4.69, 9.17) is 16.3 Å². The van der Waals surface area contributed by atoms with Crippen LogP contribution in [0.3, 0.4) is 0 Å². The number of amides is 1. The quantitative estimate of drug-likeness (QED) is 0.740. The van der Waals surface area contributed by atoms with E-state index in [1.165, 1.54) is 5.56 Å². The molecule has 30 heavy (non-hydrogen) atoms. The molecule has 2 aromatic rings. The summed E-state index contributed by atoms with van der Waals surface area (Å²) in [7, 11) is 0. The van der Waals surface area contributed by atoms with Gasteiger partial charge in [0.05, 0.1) is 17.4 Å². The normalized spacial score (nSPS) is 17.3. The van der Waals surface area contributed by atoms with Crippen molar-refractivity contribution in [1.82, 2.24) is 10.7 Å². The molecule has 2 aliphatic rings. The minimum atomic E-state index is -0.217. The van der Waals surface area contributed by atoms with E-state index in [0.29, 0.717) is 16.5 Å². The molecule has 1 unspecified atom stereocenters. The predicted octanol–water partition coefficient (Wildman–Crippen LogP) is 3.91. The molecule has 1 aliphatic heterocycles. The molecule has 2 aromatic carbocycles. The maximum Gasteiger partial charge on any atom is 0.262 e. The molecule has 7 heteroatoms. The number of ether oxygens (including phenoxy) is 1. The van der Waals surface area contributed by atoms with Crippen molar-refractivity contribution < 1.29 is 9.53 Å². The van der Waals surface area contributed by atoms with E-state index in [9.17, 15) is 4.79 Å². The molecule has 0 aromatic heterocycles. The third kappa shape index (κ3) is 4.56. The molecule has 0 spiro atoms. The van der Waals surface area contributed by atoms with Crippen LogP contribution in [0.25, 0.3) is 0 Å². The molecule has 1 aliphatic carbocycles. The van der Waals surface area contributed by atoms with Crippen molar-refractivity contribution in [2.75, 3.05) is 11.7 Å². The Bertz CT molecular complexity index is 1040. The molecule has 154 valence electrons. The molecular formula is C23H23ClN4O2. The number of fused-ring (bicyclic) bond motifs is 1. The summed E-state index contributed by atoms with van der Waals surface area (Å²) >= 11 is 6.23. The van der Waals surface area contributed by atoms with Gasteiger partial charge in [0.2, 0.25) is 0 Å². The van der Waals surface area contributed by atoms with Crippen molar-refractivity contribution in [3.63, 3.8) is 0 Å². The summed E-state index contributed by atoms with van der Waals surface area (Å²) in [5, 5.41) is 9.82. The van der Waals surface area contributed by atoms with Crippen LogP contribution < -0.4 is 20.6 Å². The highest BCUT2D eigenvalue weighted by Crippen LogP contribution is 2.25. The molecule has 4 rings (SSSR count). The van der Waals surface area contributed by atoms with E-state index in [-0.39, 0.29) is 18.6 Å². The minimum Gasteiger partial charge on any atom is -0.484 e. The summed E-state index contributed by atoms with van der Waals surface area (Å²) in [6, 6.07) is 13.4. The van der Waals surface area contributed by atoms with Crippen LogP contribution in [0.5, 0.6) is 5.75 Å². The summed E-state index contributed by atoms with van der Waals surface area (Å²) in [5.41, 5.74) is 7.94. The van der Waals surface area contributed by atoms with Crippen LogP contribution in [0, 0.1) is 6.92 Å². The average molecular weight is 423 g/mol. The molecular weight excluding hydrogens is 400 g/mol. The lowest BCUT2D eigenvalue weighted by molar-refractivity contribution is -0.122. The van der Waals surface area contributed by atoms with Gasteiger partial charge in [-0.25, -0.2) is 0 Å². The lowest BCUT2D eigenvalue weighted by atomic mass is 10.1. The van der Waals surface area contributed by atoms with E-state index in [2.05, 4.69) is 22.8 Å². The Morgan fingerprint density at radius 1 is 1.23 bits per heavy atom. The number of rotatable bonds is 6. The molecule has 1 heterocycles. The highest BCUT2D eigenvalue weighted by Gasteiger charge is 2.26. The maximum absolute atomic E-state index is 12.3. The Balaban J connectivity index is 1.33. The third-order valence-electron chi connectivity index (χ3n) is 4.96. The van der Waals surface area contributed by atoms with Gasteiger partial charge in [0.1, 0.15) is 5.75 Å². The zero-order valence-corrected chi connectivity index (χ0v) is 17.6. The van der Waals surface area contributed by atoms with Crippen molar-refractivity contribution in [2.24, 2.45) is 5.10 Å². The van der Waals surface area contributed by atoms with Crippen LogP contribution in [0.1, 0.15) is 18.1 Å². The molecule has 2 N–H and O–H groups in total. The van der Waals surface area contributed by atoms with E-state index in [1.54, 1.807) is 5.12 Å². The number of halogens is 1. The van der Waals surface area contributed by atoms with Crippen molar-refractivity contribution in [3.05, 3.63) is 82.5 Å². The third-order valence-corrected chi connectivity index (χ3v) is 5.37. The Morgan fingerprint density at radius 3 is 2.77 bits per heavy atom. The van der Waals surface area contributed by atoms with E-state index in [1.807, 2.05) is 67.6 Å².